The lowest BCUT2D eigenvalue weighted by Gasteiger charge is -2.01. The molecular weight excluding hydrogens is 223 g/mol. The first-order valence-electron chi connectivity index (χ1n) is 4.78. The van der Waals surface area contributed by atoms with Crippen molar-refractivity contribution in [2.75, 3.05) is 13.1 Å². The van der Waals surface area contributed by atoms with Gasteiger partial charge in [0.25, 0.3) is 0 Å². The topological polar surface area (TPSA) is 76.1 Å². The molecule has 0 unspecified atom stereocenters. The normalized spacial score (nSPS) is 9.00. The summed E-state index contributed by atoms with van der Waals surface area (Å²) in [4.78, 5) is 0. The van der Waals surface area contributed by atoms with Crippen molar-refractivity contribution in [2.45, 2.75) is 38.5 Å². The molecule has 0 rings (SSSR count). The molecule has 0 aromatic heterocycles. The molecule has 0 aromatic carbocycles. The van der Waals surface area contributed by atoms with E-state index in [1.165, 1.54) is 38.5 Å². The van der Waals surface area contributed by atoms with E-state index in [1.54, 1.807) is 0 Å². The van der Waals surface area contributed by atoms with E-state index in [0.717, 1.165) is 13.1 Å². The molecule has 0 aliphatic carbocycles. The van der Waals surface area contributed by atoms with Gasteiger partial charge in [0, 0.05) is 13.1 Å². The quantitative estimate of drug-likeness (QED) is 0.279. The number of hydrazine groups is 2. The van der Waals surface area contributed by atoms with Gasteiger partial charge >= 0.3 is 0 Å². The molecule has 6 heteroatoms. The minimum atomic E-state index is 0. The number of nitrogens with two attached hydrogens (primary N) is 2. The van der Waals surface area contributed by atoms with Crippen molar-refractivity contribution >= 4 is 24.8 Å². The van der Waals surface area contributed by atoms with Crippen molar-refractivity contribution in [1.29, 1.82) is 0 Å². The standard InChI is InChI=1S/C8H22N4.2ClH/c9-11-7-5-3-1-2-4-6-8-12-10;;/h11-12H,1-10H2;2*1H. The average Bonchev–Trinajstić information content (AvgIpc) is 2.10. The molecule has 0 aliphatic heterocycles. The lowest BCUT2D eigenvalue weighted by molar-refractivity contribution is 0.559. The number of rotatable bonds is 9. The monoisotopic (exact) mass is 246 g/mol. The summed E-state index contributed by atoms with van der Waals surface area (Å²) in [6, 6.07) is 0. The van der Waals surface area contributed by atoms with Gasteiger partial charge in [0.1, 0.15) is 0 Å². The highest BCUT2D eigenvalue weighted by Crippen LogP contribution is 2.03. The highest BCUT2D eigenvalue weighted by molar-refractivity contribution is 5.85. The zero-order valence-electron chi connectivity index (χ0n) is 8.63. The summed E-state index contributed by atoms with van der Waals surface area (Å²) in [7, 11) is 0. The van der Waals surface area contributed by atoms with Crippen LogP contribution in [0.2, 0.25) is 0 Å². The van der Waals surface area contributed by atoms with E-state index in [2.05, 4.69) is 10.9 Å². The van der Waals surface area contributed by atoms with E-state index in [1.807, 2.05) is 0 Å². The van der Waals surface area contributed by atoms with Gasteiger partial charge in [0.05, 0.1) is 0 Å². The number of halogens is 2. The first kappa shape index (κ1) is 19.9. The van der Waals surface area contributed by atoms with Crippen LogP contribution in [0.15, 0.2) is 0 Å². The smallest absolute Gasteiger partial charge is 0.00974 e. The molecule has 0 heterocycles. The maximum Gasteiger partial charge on any atom is 0.00974 e. The summed E-state index contributed by atoms with van der Waals surface area (Å²) >= 11 is 0. The van der Waals surface area contributed by atoms with Gasteiger partial charge in [-0.3, -0.25) is 22.5 Å². The molecule has 0 fully saturated rings. The molecule has 0 bridgehead atoms. The Morgan fingerprint density at radius 3 is 1.14 bits per heavy atom. The number of nitrogens with one attached hydrogen (secondary N) is 2. The molecule has 0 amide bonds. The molecular formula is C8H24Cl2N4. The zero-order valence-corrected chi connectivity index (χ0v) is 10.3. The summed E-state index contributed by atoms with van der Waals surface area (Å²) in [6.45, 7) is 1.87. The minimum absolute atomic E-state index is 0. The molecule has 14 heavy (non-hydrogen) atoms. The third-order valence-electron chi connectivity index (χ3n) is 1.89. The van der Waals surface area contributed by atoms with Crippen molar-refractivity contribution in [2.24, 2.45) is 11.7 Å². The maximum absolute atomic E-state index is 5.14. The lowest BCUT2D eigenvalue weighted by Crippen LogP contribution is -2.23. The van der Waals surface area contributed by atoms with Gasteiger partial charge < -0.3 is 0 Å². The van der Waals surface area contributed by atoms with Crippen LogP contribution in [-0.2, 0) is 0 Å². The van der Waals surface area contributed by atoms with Crippen LogP contribution in [-0.4, -0.2) is 13.1 Å². The molecule has 6 N–H and O–H groups in total. The van der Waals surface area contributed by atoms with Crippen molar-refractivity contribution < 1.29 is 0 Å². The van der Waals surface area contributed by atoms with E-state index in [0.29, 0.717) is 0 Å². The Bertz CT molecular complexity index is 75.7. The molecule has 0 saturated carbocycles. The highest BCUT2D eigenvalue weighted by Gasteiger charge is 1.89. The van der Waals surface area contributed by atoms with Crippen LogP contribution in [0.3, 0.4) is 0 Å². The first-order valence-corrected chi connectivity index (χ1v) is 4.78. The predicted molar refractivity (Wildman–Crippen MR) is 66.6 cm³/mol. The Kier molecular flexibility index (Phi) is 27.1. The fourth-order valence-corrected chi connectivity index (χ4v) is 1.16. The molecule has 0 atom stereocenters. The Morgan fingerprint density at radius 1 is 0.571 bits per heavy atom. The number of unbranched alkanes of at least 4 members (excludes halogenated alkanes) is 5. The Morgan fingerprint density at radius 2 is 0.857 bits per heavy atom. The largest absolute Gasteiger partial charge is 0.271 e. The summed E-state index contributed by atoms with van der Waals surface area (Å²) in [5.41, 5.74) is 5.30. The van der Waals surface area contributed by atoms with Crippen LogP contribution in [0.5, 0.6) is 0 Å². The number of hydrogen-bond donors (Lipinski definition) is 4. The van der Waals surface area contributed by atoms with Gasteiger partial charge in [-0.1, -0.05) is 25.7 Å². The van der Waals surface area contributed by atoms with Gasteiger partial charge in [-0.05, 0) is 12.8 Å². The fraction of sp³-hybridized carbons (Fsp3) is 1.00. The second-order valence-corrected chi connectivity index (χ2v) is 3.03. The summed E-state index contributed by atoms with van der Waals surface area (Å²) in [6.07, 6.45) is 7.55. The van der Waals surface area contributed by atoms with Crippen LogP contribution < -0.4 is 22.5 Å². The van der Waals surface area contributed by atoms with E-state index < -0.39 is 0 Å². The third kappa shape index (κ3) is 18.3. The van der Waals surface area contributed by atoms with Crippen LogP contribution in [0.1, 0.15) is 38.5 Å². The van der Waals surface area contributed by atoms with Gasteiger partial charge in [-0.25, -0.2) is 0 Å². The summed E-state index contributed by atoms with van der Waals surface area (Å²) in [5.74, 6) is 10.3. The SMILES string of the molecule is Cl.Cl.NNCCCCCCCCNN. The van der Waals surface area contributed by atoms with Crippen molar-refractivity contribution in [3.63, 3.8) is 0 Å². The van der Waals surface area contributed by atoms with E-state index >= 15 is 0 Å². The van der Waals surface area contributed by atoms with Gasteiger partial charge in [-0.2, -0.15) is 0 Å². The first-order chi connectivity index (χ1) is 5.91. The Labute approximate surface area is 99.3 Å². The number of hydrogen-bond acceptors (Lipinski definition) is 4. The molecule has 90 valence electrons. The van der Waals surface area contributed by atoms with Gasteiger partial charge in [0.15, 0.2) is 0 Å². The Balaban J connectivity index is -0.000000605. The second-order valence-electron chi connectivity index (χ2n) is 3.03. The van der Waals surface area contributed by atoms with Crippen LogP contribution >= 0.6 is 24.8 Å². The lowest BCUT2D eigenvalue weighted by atomic mass is 10.1. The average molecular weight is 247 g/mol. The second kappa shape index (κ2) is 19.1. The van der Waals surface area contributed by atoms with Gasteiger partial charge in [0.2, 0.25) is 0 Å². The minimum Gasteiger partial charge on any atom is -0.271 e. The van der Waals surface area contributed by atoms with Crippen molar-refractivity contribution in [3.8, 4) is 0 Å². The molecule has 0 saturated heterocycles. The molecule has 4 nitrogen and oxygen atoms in total. The maximum atomic E-state index is 5.14. The van der Waals surface area contributed by atoms with Crippen LogP contribution in [0.4, 0.5) is 0 Å². The van der Waals surface area contributed by atoms with Crippen molar-refractivity contribution in [3.05, 3.63) is 0 Å². The fourth-order valence-electron chi connectivity index (χ4n) is 1.16. The zero-order chi connectivity index (χ0) is 9.07. The molecule has 0 aromatic rings. The van der Waals surface area contributed by atoms with Crippen LogP contribution in [0, 0.1) is 0 Å². The van der Waals surface area contributed by atoms with Crippen LogP contribution in [0.25, 0.3) is 0 Å². The summed E-state index contributed by atoms with van der Waals surface area (Å²) in [5, 5.41) is 0. The molecule has 0 spiro atoms. The Hall–Kier alpha value is 0.420. The van der Waals surface area contributed by atoms with E-state index in [9.17, 15) is 0 Å². The van der Waals surface area contributed by atoms with E-state index in [4.69, 9.17) is 11.7 Å². The molecule has 0 aliphatic rings. The van der Waals surface area contributed by atoms with E-state index in [-0.39, 0.29) is 24.8 Å². The highest BCUT2D eigenvalue weighted by atomic mass is 35.5. The van der Waals surface area contributed by atoms with Gasteiger partial charge in [-0.15, -0.1) is 24.8 Å². The third-order valence-corrected chi connectivity index (χ3v) is 1.89. The predicted octanol–water partition coefficient (Wildman–Crippen LogP) is 1.10. The van der Waals surface area contributed by atoms with Crippen molar-refractivity contribution in [1.82, 2.24) is 10.9 Å². The summed E-state index contributed by atoms with van der Waals surface area (Å²) < 4.78 is 0. The molecule has 0 radical (unpaired) electrons.